The van der Waals surface area contributed by atoms with E-state index >= 15 is 0 Å². The molecule has 5 heteroatoms. The standard InChI is InChI=1S/C15H15ClN2O2/c1-18-9-10-2-7-14(13(16)8-10)20-12-5-3-11(4-6-12)15(17)19/h2-8,18H,9H2,1H3,(H2,17,19). The molecule has 0 bridgehead atoms. The zero-order valence-electron chi connectivity index (χ0n) is 11.0. The predicted molar refractivity (Wildman–Crippen MR) is 79.2 cm³/mol. The summed E-state index contributed by atoms with van der Waals surface area (Å²) >= 11 is 6.17. The van der Waals surface area contributed by atoms with E-state index in [9.17, 15) is 4.79 Å². The van der Waals surface area contributed by atoms with Gasteiger partial charge in [-0.15, -0.1) is 0 Å². The summed E-state index contributed by atoms with van der Waals surface area (Å²) in [6, 6.07) is 12.2. The molecule has 0 spiro atoms. The lowest BCUT2D eigenvalue weighted by Gasteiger charge is -2.09. The Morgan fingerprint density at radius 3 is 2.50 bits per heavy atom. The van der Waals surface area contributed by atoms with Gasteiger partial charge in [-0.2, -0.15) is 0 Å². The van der Waals surface area contributed by atoms with Gasteiger partial charge in [-0.1, -0.05) is 17.7 Å². The Hall–Kier alpha value is -2.04. The highest BCUT2D eigenvalue weighted by atomic mass is 35.5. The van der Waals surface area contributed by atoms with E-state index in [1.165, 1.54) is 0 Å². The number of carbonyl (C=O) groups excluding carboxylic acids is 1. The topological polar surface area (TPSA) is 64.3 Å². The molecule has 2 aromatic rings. The van der Waals surface area contributed by atoms with Crippen LogP contribution in [0.2, 0.25) is 5.02 Å². The van der Waals surface area contributed by atoms with Crippen LogP contribution in [0.3, 0.4) is 0 Å². The van der Waals surface area contributed by atoms with Crippen molar-refractivity contribution in [3.05, 3.63) is 58.6 Å². The molecule has 3 N–H and O–H groups in total. The van der Waals surface area contributed by atoms with Gasteiger partial charge < -0.3 is 15.8 Å². The SMILES string of the molecule is CNCc1ccc(Oc2ccc(C(N)=O)cc2)c(Cl)c1. The largest absolute Gasteiger partial charge is 0.456 e. The van der Waals surface area contributed by atoms with E-state index in [0.717, 1.165) is 12.1 Å². The second-order valence-electron chi connectivity index (χ2n) is 4.29. The Bertz CT molecular complexity index is 612. The molecule has 1 amide bonds. The lowest BCUT2D eigenvalue weighted by molar-refractivity contribution is 0.100. The highest BCUT2D eigenvalue weighted by molar-refractivity contribution is 6.32. The van der Waals surface area contributed by atoms with Gasteiger partial charge >= 0.3 is 0 Å². The van der Waals surface area contributed by atoms with Crippen molar-refractivity contribution in [1.82, 2.24) is 5.32 Å². The molecule has 4 nitrogen and oxygen atoms in total. The van der Waals surface area contributed by atoms with E-state index in [1.807, 2.05) is 25.2 Å². The van der Waals surface area contributed by atoms with Crippen molar-refractivity contribution < 1.29 is 9.53 Å². The number of hydrogen-bond donors (Lipinski definition) is 2. The second-order valence-corrected chi connectivity index (χ2v) is 4.69. The van der Waals surface area contributed by atoms with Crippen molar-refractivity contribution in [3.63, 3.8) is 0 Å². The maximum absolute atomic E-state index is 11.0. The first kappa shape index (κ1) is 14.4. The van der Waals surface area contributed by atoms with Crippen LogP contribution in [-0.4, -0.2) is 13.0 Å². The zero-order chi connectivity index (χ0) is 14.5. The average Bonchev–Trinajstić information content (AvgIpc) is 2.43. The quantitative estimate of drug-likeness (QED) is 0.890. The number of carbonyl (C=O) groups is 1. The van der Waals surface area contributed by atoms with E-state index < -0.39 is 5.91 Å². The Morgan fingerprint density at radius 2 is 1.95 bits per heavy atom. The number of hydrogen-bond acceptors (Lipinski definition) is 3. The molecule has 0 aromatic heterocycles. The second kappa shape index (κ2) is 6.41. The third-order valence-electron chi connectivity index (χ3n) is 2.74. The van der Waals surface area contributed by atoms with Crippen LogP contribution < -0.4 is 15.8 Å². The Kier molecular flexibility index (Phi) is 4.61. The number of halogens is 1. The van der Waals surface area contributed by atoms with Gasteiger partial charge in [0.2, 0.25) is 5.91 Å². The molecule has 20 heavy (non-hydrogen) atoms. The normalized spacial score (nSPS) is 10.3. The molecule has 0 aliphatic carbocycles. The molecule has 104 valence electrons. The first-order valence-corrected chi connectivity index (χ1v) is 6.48. The van der Waals surface area contributed by atoms with Crippen LogP contribution in [0, 0.1) is 0 Å². The molecule has 0 saturated carbocycles. The molecular weight excluding hydrogens is 276 g/mol. The fourth-order valence-corrected chi connectivity index (χ4v) is 2.00. The van der Waals surface area contributed by atoms with Crippen molar-refractivity contribution in [1.29, 1.82) is 0 Å². The smallest absolute Gasteiger partial charge is 0.248 e. The third-order valence-corrected chi connectivity index (χ3v) is 3.04. The number of primary amides is 1. The summed E-state index contributed by atoms with van der Waals surface area (Å²) < 4.78 is 5.67. The van der Waals surface area contributed by atoms with Crippen LogP contribution in [0.15, 0.2) is 42.5 Å². The number of amides is 1. The van der Waals surface area contributed by atoms with Crippen LogP contribution in [0.4, 0.5) is 0 Å². The first-order chi connectivity index (χ1) is 9.60. The fraction of sp³-hybridized carbons (Fsp3) is 0.133. The summed E-state index contributed by atoms with van der Waals surface area (Å²) in [5, 5.41) is 3.59. The first-order valence-electron chi connectivity index (χ1n) is 6.11. The summed E-state index contributed by atoms with van der Waals surface area (Å²) in [7, 11) is 1.87. The van der Waals surface area contributed by atoms with Gasteiger partial charge in [-0.05, 0) is 49.0 Å². The third kappa shape index (κ3) is 3.50. The maximum Gasteiger partial charge on any atom is 0.248 e. The highest BCUT2D eigenvalue weighted by Gasteiger charge is 2.05. The van der Waals surface area contributed by atoms with Gasteiger partial charge in [-0.3, -0.25) is 4.79 Å². The van der Waals surface area contributed by atoms with Crippen molar-refractivity contribution >= 4 is 17.5 Å². The lowest BCUT2D eigenvalue weighted by atomic mass is 10.2. The van der Waals surface area contributed by atoms with Crippen molar-refractivity contribution in [3.8, 4) is 11.5 Å². The number of nitrogens with two attached hydrogens (primary N) is 1. The van der Waals surface area contributed by atoms with E-state index in [2.05, 4.69) is 5.32 Å². The van der Waals surface area contributed by atoms with E-state index in [0.29, 0.717) is 22.1 Å². The van der Waals surface area contributed by atoms with Crippen molar-refractivity contribution in [2.24, 2.45) is 5.73 Å². The average molecular weight is 291 g/mol. The Balaban J connectivity index is 2.15. The number of benzene rings is 2. The molecule has 0 aliphatic rings. The Labute approximate surface area is 122 Å². The van der Waals surface area contributed by atoms with Gasteiger partial charge in [-0.25, -0.2) is 0 Å². The minimum absolute atomic E-state index is 0.438. The molecule has 2 aromatic carbocycles. The lowest BCUT2D eigenvalue weighted by Crippen LogP contribution is -2.10. The monoisotopic (exact) mass is 290 g/mol. The number of rotatable bonds is 5. The van der Waals surface area contributed by atoms with Crippen molar-refractivity contribution in [2.75, 3.05) is 7.05 Å². The Morgan fingerprint density at radius 1 is 1.25 bits per heavy atom. The molecule has 0 heterocycles. The summed E-state index contributed by atoms with van der Waals surface area (Å²) in [6.07, 6.45) is 0. The van der Waals surface area contributed by atoms with E-state index in [1.54, 1.807) is 24.3 Å². The molecule has 0 atom stereocenters. The van der Waals surface area contributed by atoms with Gasteiger partial charge in [0.15, 0.2) is 0 Å². The predicted octanol–water partition coefficient (Wildman–Crippen LogP) is 2.95. The summed E-state index contributed by atoms with van der Waals surface area (Å²) in [5.74, 6) is 0.697. The van der Waals surface area contributed by atoms with Gasteiger partial charge in [0.25, 0.3) is 0 Å². The maximum atomic E-state index is 11.0. The van der Waals surface area contributed by atoms with Crippen molar-refractivity contribution in [2.45, 2.75) is 6.54 Å². The molecule has 0 fully saturated rings. The molecule has 0 aliphatic heterocycles. The van der Waals surface area contributed by atoms with Gasteiger partial charge in [0, 0.05) is 12.1 Å². The fourth-order valence-electron chi connectivity index (χ4n) is 1.76. The molecule has 0 saturated heterocycles. The van der Waals surface area contributed by atoms with Crippen LogP contribution >= 0.6 is 11.6 Å². The van der Waals surface area contributed by atoms with E-state index in [4.69, 9.17) is 22.1 Å². The van der Waals surface area contributed by atoms with Gasteiger partial charge in [0.05, 0.1) is 5.02 Å². The summed E-state index contributed by atoms with van der Waals surface area (Å²) in [4.78, 5) is 11.0. The van der Waals surface area contributed by atoms with E-state index in [-0.39, 0.29) is 0 Å². The summed E-state index contributed by atoms with van der Waals surface area (Å²) in [6.45, 7) is 0.743. The molecule has 0 unspecified atom stereocenters. The van der Waals surface area contributed by atoms with Gasteiger partial charge in [0.1, 0.15) is 11.5 Å². The summed E-state index contributed by atoms with van der Waals surface area (Å²) in [5.41, 5.74) is 6.69. The minimum atomic E-state index is -0.467. The zero-order valence-corrected chi connectivity index (χ0v) is 11.8. The highest BCUT2D eigenvalue weighted by Crippen LogP contribution is 2.30. The van der Waals surface area contributed by atoms with Crippen LogP contribution in [0.25, 0.3) is 0 Å². The minimum Gasteiger partial charge on any atom is -0.456 e. The van der Waals surface area contributed by atoms with Crippen LogP contribution in [0.1, 0.15) is 15.9 Å². The number of nitrogens with one attached hydrogen (secondary N) is 1. The molecule has 2 rings (SSSR count). The number of ether oxygens (including phenoxy) is 1. The molecule has 0 radical (unpaired) electrons. The van der Waals surface area contributed by atoms with Crippen LogP contribution in [0.5, 0.6) is 11.5 Å². The van der Waals surface area contributed by atoms with Crippen LogP contribution in [-0.2, 0) is 6.54 Å². The molecular formula is C15H15ClN2O2.